The van der Waals surface area contributed by atoms with Crippen molar-refractivity contribution >= 4 is 46.2 Å². The van der Waals surface area contributed by atoms with Crippen LogP contribution >= 0.6 is 23.2 Å². The van der Waals surface area contributed by atoms with Gasteiger partial charge in [0.25, 0.3) is 5.91 Å². The van der Waals surface area contributed by atoms with Crippen LogP contribution in [0.2, 0.25) is 10.0 Å². The number of para-hydroxylation sites is 2. The van der Waals surface area contributed by atoms with E-state index in [0.29, 0.717) is 15.8 Å². The Morgan fingerprint density at radius 1 is 0.969 bits per heavy atom. The first-order chi connectivity index (χ1) is 15.5. The van der Waals surface area contributed by atoms with Crippen LogP contribution in [0.15, 0.2) is 77.9 Å². The molecule has 3 aromatic rings. The number of hydrazone groups is 1. The number of nitrogens with one attached hydrogen (secondary N) is 1. The van der Waals surface area contributed by atoms with E-state index in [0.717, 1.165) is 29.9 Å². The summed E-state index contributed by atoms with van der Waals surface area (Å²) in [6.07, 6.45) is 0.900. The maximum Gasteiger partial charge on any atom is 0.286 e. The van der Waals surface area contributed by atoms with E-state index in [9.17, 15) is 4.79 Å². The van der Waals surface area contributed by atoms with Crippen molar-refractivity contribution in [2.24, 2.45) is 11.0 Å². The number of halogens is 2. The monoisotopic (exact) mass is 464 g/mol. The Morgan fingerprint density at radius 2 is 1.66 bits per heavy atom. The van der Waals surface area contributed by atoms with Gasteiger partial charge in [0.05, 0.1) is 22.4 Å². The quantitative estimate of drug-likeness (QED) is 0.543. The fourth-order valence-electron chi connectivity index (χ4n) is 4.45. The number of rotatable bonds is 4. The second kappa shape index (κ2) is 8.49. The molecule has 3 aromatic carbocycles. The highest BCUT2D eigenvalue weighted by atomic mass is 35.5. The lowest BCUT2D eigenvalue weighted by Gasteiger charge is -2.27. The third-order valence-corrected chi connectivity index (χ3v) is 6.62. The fourth-order valence-corrected chi connectivity index (χ4v) is 4.80. The molecule has 0 saturated heterocycles. The highest BCUT2D eigenvalue weighted by Crippen LogP contribution is 2.42. The highest BCUT2D eigenvalue weighted by Gasteiger charge is 2.40. The summed E-state index contributed by atoms with van der Waals surface area (Å²) >= 11 is 12.6. The van der Waals surface area contributed by atoms with Crippen LogP contribution < -0.4 is 15.4 Å². The SMILES string of the molecule is C[C@H]1C(C(=O)NN2CCc3ccccc32)=NN(c2ccccc2Cl)[C@@H]1c1ccc(Cl)cc1. The first-order valence-electron chi connectivity index (χ1n) is 10.6. The Morgan fingerprint density at radius 3 is 2.41 bits per heavy atom. The predicted molar refractivity (Wildman–Crippen MR) is 130 cm³/mol. The number of nitrogens with zero attached hydrogens (tertiary/aromatic N) is 3. The zero-order valence-electron chi connectivity index (χ0n) is 17.5. The van der Waals surface area contributed by atoms with Crippen LogP contribution in [-0.4, -0.2) is 18.2 Å². The molecule has 5 nitrogen and oxygen atoms in total. The standard InChI is InChI=1S/C25H22Cl2N4O/c1-16-23(25(32)29-30-15-14-17-6-2-4-8-21(17)30)28-31(22-9-5-3-7-20(22)27)24(16)18-10-12-19(26)13-11-18/h2-13,16,24H,14-15H2,1H3,(H,29,32)/t16-,24-/m0/s1. The zero-order chi connectivity index (χ0) is 22.2. The van der Waals surface area contributed by atoms with Crippen molar-refractivity contribution in [2.45, 2.75) is 19.4 Å². The lowest BCUT2D eigenvalue weighted by molar-refractivity contribution is -0.115. The molecule has 2 heterocycles. The minimum atomic E-state index is -0.206. The van der Waals surface area contributed by atoms with Crippen LogP contribution in [0.1, 0.15) is 24.1 Å². The summed E-state index contributed by atoms with van der Waals surface area (Å²) in [5.74, 6) is -0.368. The average molecular weight is 465 g/mol. The molecule has 0 radical (unpaired) electrons. The molecule has 5 rings (SSSR count). The van der Waals surface area contributed by atoms with Gasteiger partial charge >= 0.3 is 0 Å². The molecule has 0 spiro atoms. The molecule has 0 fully saturated rings. The van der Waals surface area contributed by atoms with Gasteiger partial charge in [0, 0.05) is 17.5 Å². The van der Waals surface area contributed by atoms with E-state index < -0.39 is 0 Å². The Hall–Kier alpha value is -3.02. The smallest absolute Gasteiger partial charge is 0.285 e. The molecule has 2 aliphatic heterocycles. The number of anilines is 2. The van der Waals surface area contributed by atoms with Crippen LogP contribution in [0.25, 0.3) is 0 Å². The summed E-state index contributed by atoms with van der Waals surface area (Å²) in [6, 6.07) is 23.1. The van der Waals surface area contributed by atoms with Gasteiger partial charge in [-0.05, 0) is 47.9 Å². The van der Waals surface area contributed by atoms with Crippen molar-refractivity contribution in [2.75, 3.05) is 16.6 Å². The topological polar surface area (TPSA) is 47.9 Å². The third kappa shape index (κ3) is 3.72. The second-order valence-electron chi connectivity index (χ2n) is 8.04. The summed E-state index contributed by atoms with van der Waals surface area (Å²) in [4.78, 5) is 13.3. The van der Waals surface area contributed by atoms with Gasteiger partial charge < -0.3 is 0 Å². The van der Waals surface area contributed by atoms with Gasteiger partial charge in [0.15, 0.2) is 0 Å². The minimum Gasteiger partial charge on any atom is -0.285 e. The minimum absolute atomic E-state index is 0.162. The Balaban J connectivity index is 1.48. The number of carbonyl (C=O) groups is 1. The van der Waals surface area contributed by atoms with Crippen molar-refractivity contribution in [1.82, 2.24) is 5.43 Å². The van der Waals surface area contributed by atoms with Crippen LogP contribution in [0.5, 0.6) is 0 Å². The fraction of sp³-hybridized carbons (Fsp3) is 0.200. The number of fused-ring (bicyclic) bond motifs is 1. The van der Waals surface area contributed by atoms with Crippen molar-refractivity contribution in [3.63, 3.8) is 0 Å². The maximum atomic E-state index is 13.3. The molecule has 162 valence electrons. The Kier molecular flexibility index (Phi) is 5.53. The number of hydrazine groups is 1. The molecule has 0 aromatic heterocycles. The second-order valence-corrected chi connectivity index (χ2v) is 8.88. The predicted octanol–water partition coefficient (Wildman–Crippen LogP) is 5.64. The normalized spacial score (nSPS) is 19.7. The summed E-state index contributed by atoms with van der Waals surface area (Å²) in [7, 11) is 0. The van der Waals surface area contributed by atoms with E-state index >= 15 is 0 Å². The van der Waals surface area contributed by atoms with Crippen molar-refractivity contribution in [3.8, 4) is 0 Å². The summed E-state index contributed by atoms with van der Waals surface area (Å²) < 4.78 is 0. The highest BCUT2D eigenvalue weighted by molar-refractivity contribution is 6.41. The Bertz CT molecular complexity index is 1190. The molecule has 0 aliphatic carbocycles. The number of hydrogen-bond donors (Lipinski definition) is 1. The number of hydrogen-bond acceptors (Lipinski definition) is 4. The molecular weight excluding hydrogens is 443 g/mol. The van der Waals surface area contributed by atoms with Crippen LogP contribution in [0, 0.1) is 5.92 Å². The van der Waals surface area contributed by atoms with Crippen LogP contribution in [0.3, 0.4) is 0 Å². The van der Waals surface area contributed by atoms with Gasteiger partial charge in [0.2, 0.25) is 0 Å². The van der Waals surface area contributed by atoms with Gasteiger partial charge in [-0.15, -0.1) is 0 Å². The molecule has 2 atom stereocenters. The molecule has 0 unspecified atom stereocenters. The van der Waals surface area contributed by atoms with Crippen molar-refractivity contribution in [3.05, 3.63) is 94.0 Å². The van der Waals surface area contributed by atoms with Crippen LogP contribution in [-0.2, 0) is 11.2 Å². The Labute approximate surface area is 197 Å². The molecule has 1 N–H and O–H groups in total. The zero-order valence-corrected chi connectivity index (χ0v) is 19.0. The first kappa shape index (κ1) is 20.9. The number of amides is 1. The van der Waals surface area contributed by atoms with E-state index in [1.165, 1.54) is 5.56 Å². The van der Waals surface area contributed by atoms with E-state index in [4.69, 9.17) is 28.3 Å². The molecule has 2 aliphatic rings. The molecule has 0 bridgehead atoms. The largest absolute Gasteiger partial charge is 0.286 e. The molecule has 7 heteroatoms. The van der Waals surface area contributed by atoms with Gasteiger partial charge in [-0.2, -0.15) is 5.10 Å². The summed E-state index contributed by atoms with van der Waals surface area (Å²) in [6.45, 7) is 2.76. The lowest BCUT2D eigenvalue weighted by atomic mass is 9.91. The average Bonchev–Trinajstić information content (AvgIpc) is 3.36. The molecule has 0 saturated carbocycles. The van der Waals surface area contributed by atoms with E-state index in [1.807, 2.05) is 83.7 Å². The molecular formula is C25H22Cl2N4O. The first-order valence-corrected chi connectivity index (χ1v) is 11.3. The maximum absolute atomic E-state index is 13.3. The molecule has 1 amide bonds. The summed E-state index contributed by atoms with van der Waals surface area (Å²) in [5, 5.41) is 9.77. The van der Waals surface area contributed by atoms with Crippen molar-refractivity contribution < 1.29 is 4.79 Å². The van der Waals surface area contributed by atoms with Gasteiger partial charge in [0.1, 0.15) is 5.71 Å². The third-order valence-electron chi connectivity index (χ3n) is 6.05. The van der Waals surface area contributed by atoms with E-state index in [1.54, 1.807) is 0 Å². The van der Waals surface area contributed by atoms with Gasteiger partial charge in [-0.25, -0.2) is 0 Å². The lowest BCUT2D eigenvalue weighted by Crippen LogP contribution is -2.45. The molecule has 32 heavy (non-hydrogen) atoms. The van der Waals surface area contributed by atoms with Crippen molar-refractivity contribution in [1.29, 1.82) is 0 Å². The van der Waals surface area contributed by atoms with Crippen LogP contribution in [0.4, 0.5) is 11.4 Å². The number of carbonyl (C=O) groups excluding carboxylic acids is 1. The van der Waals surface area contributed by atoms with Gasteiger partial charge in [-0.1, -0.05) is 72.6 Å². The summed E-state index contributed by atoms with van der Waals surface area (Å²) in [5.41, 5.74) is 7.56. The van der Waals surface area contributed by atoms with E-state index in [-0.39, 0.29) is 17.9 Å². The van der Waals surface area contributed by atoms with Gasteiger partial charge in [-0.3, -0.25) is 20.2 Å². The van der Waals surface area contributed by atoms with E-state index in [2.05, 4.69) is 11.5 Å². The number of benzene rings is 3.